The summed E-state index contributed by atoms with van der Waals surface area (Å²) in [7, 11) is 1.57. The topological polar surface area (TPSA) is 62.3 Å². The van der Waals surface area contributed by atoms with Gasteiger partial charge in [0.1, 0.15) is 5.82 Å². The highest BCUT2D eigenvalue weighted by Crippen LogP contribution is 2.11. The van der Waals surface area contributed by atoms with E-state index >= 15 is 0 Å². The normalized spacial score (nSPS) is 10.1. The Bertz CT molecular complexity index is 686. The number of hydrogen-bond acceptors (Lipinski definition) is 3. The van der Waals surface area contributed by atoms with E-state index in [2.05, 4.69) is 10.3 Å². The first-order valence-corrected chi connectivity index (χ1v) is 7.07. The van der Waals surface area contributed by atoms with Crippen LogP contribution in [0.2, 0.25) is 5.02 Å². The Hall–Kier alpha value is -2.40. The molecule has 1 N–H and O–H groups in total. The first-order chi connectivity index (χ1) is 10.5. The van der Waals surface area contributed by atoms with Gasteiger partial charge in [-0.1, -0.05) is 11.6 Å². The molecule has 2 rings (SSSR count). The lowest BCUT2D eigenvalue weighted by molar-refractivity contribution is -0.116. The van der Waals surface area contributed by atoms with Gasteiger partial charge in [0, 0.05) is 23.8 Å². The van der Waals surface area contributed by atoms with Crippen LogP contribution in [0, 0.1) is 6.92 Å². The monoisotopic (exact) mass is 317 g/mol. The molecule has 0 aliphatic heterocycles. The van der Waals surface area contributed by atoms with E-state index in [-0.39, 0.29) is 18.4 Å². The van der Waals surface area contributed by atoms with Crippen molar-refractivity contribution in [3.05, 3.63) is 58.7 Å². The molecule has 0 saturated heterocycles. The highest BCUT2D eigenvalue weighted by molar-refractivity contribution is 6.30. The molecule has 2 amide bonds. The maximum Gasteiger partial charge on any atom is 0.254 e. The van der Waals surface area contributed by atoms with E-state index in [1.54, 1.807) is 43.6 Å². The minimum absolute atomic E-state index is 0.0585. The Morgan fingerprint density at radius 2 is 1.91 bits per heavy atom. The number of carbonyl (C=O) groups is 2. The van der Waals surface area contributed by atoms with E-state index in [0.29, 0.717) is 16.4 Å². The van der Waals surface area contributed by atoms with Crippen LogP contribution in [0.3, 0.4) is 0 Å². The molecule has 0 aliphatic rings. The van der Waals surface area contributed by atoms with Crippen molar-refractivity contribution in [2.75, 3.05) is 18.9 Å². The lowest BCUT2D eigenvalue weighted by Gasteiger charge is -2.16. The summed E-state index contributed by atoms with van der Waals surface area (Å²) >= 11 is 5.79. The maximum atomic E-state index is 12.2. The van der Waals surface area contributed by atoms with Crippen LogP contribution in [0.5, 0.6) is 0 Å². The molecule has 0 saturated carbocycles. The fourth-order valence-corrected chi connectivity index (χ4v) is 2.01. The highest BCUT2D eigenvalue weighted by Gasteiger charge is 2.15. The average Bonchev–Trinajstić information content (AvgIpc) is 2.47. The van der Waals surface area contributed by atoms with E-state index in [0.717, 1.165) is 5.56 Å². The number of benzene rings is 1. The quantitative estimate of drug-likeness (QED) is 0.943. The highest BCUT2D eigenvalue weighted by atomic mass is 35.5. The SMILES string of the molecule is Cc1ccnc(NC(=O)CN(C)C(=O)c2ccc(Cl)cc2)c1. The van der Waals surface area contributed by atoms with Gasteiger partial charge >= 0.3 is 0 Å². The second-order valence-electron chi connectivity index (χ2n) is 4.93. The number of aryl methyl sites for hydroxylation is 1. The van der Waals surface area contributed by atoms with Crippen LogP contribution in [0.15, 0.2) is 42.6 Å². The molecule has 6 heteroatoms. The number of amides is 2. The molecule has 114 valence electrons. The summed E-state index contributed by atoms with van der Waals surface area (Å²) in [6.07, 6.45) is 1.62. The number of rotatable bonds is 4. The molecular formula is C16H16ClN3O2. The van der Waals surface area contributed by atoms with Gasteiger partial charge in [0.15, 0.2) is 0 Å². The van der Waals surface area contributed by atoms with Crippen molar-refractivity contribution in [2.45, 2.75) is 6.92 Å². The third-order valence-corrected chi connectivity index (χ3v) is 3.25. The number of nitrogens with one attached hydrogen (secondary N) is 1. The van der Waals surface area contributed by atoms with Gasteiger partial charge in [0.25, 0.3) is 5.91 Å². The molecule has 5 nitrogen and oxygen atoms in total. The number of halogens is 1. The molecule has 0 fully saturated rings. The standard InChI is InChI=1S/C16H16ClN3O2/c1-11-7-8-18-14(9-11)19-15(21)10-20(2)16(22)12-3-5-13(17)6-4-12/h3-9H,10H2,1-2H3,(H,18,19,21). The summed E-state index contributed by atoms with van der Waals surface area (Å²) < 4.78 is 0. The second-order valence-corrected chi connectivity index (χ2v) is 5.37. The van der Waals surface area contributed by atoms with Gasteiger partial charge in [-0.25, -0.2) is 4.98 Å². The Balaban J connectivity index is 1.96. The van der Waals surface area contributed by atoms with Crippen molar-refractivity contribution in [3.63, 3.8) is 0 Å². The van der Waals surface area contributed by atoms with Crippen molar-refractivity contribution in [1.29, 1.82) is 0 Å². The molecule has 0 atom stereocenters. The summed E-state index contributed by atoms with van der Waals surface area (Å²) in [6, 6.07) is 10.1. The molecule has 1 heterocycles. The predicted octanol–water partition coefficient (Wildman–Crippen LogP) is 2.75. The van der Waals surface area contributed by atoms with Crippen LogP contribution >= 0.6 is 11.6 Å². The minimum Gasteiger partial charge on any atom is -0.332 e. The molecular weight excluding hydrogens is 302 g/mol. The largest absolute Gasteiger partial charge is 0.332 e. The smallest absolute Gasteiger partial charge is 0.254 e. The number of anilines is 1. The van der Waals surface area contributed by atoms with Gasteiger partial charge in [-0.3, -0.25) is 9.59 Å². The van der Waals surface area contributed by atoms with Crippen LogP contribution < -0.4 is 5.32 Å². The summed E-state index contributed by atoms with van der Waals surface area (Å²) in [5, 5.41) is 3.22. The average molecular weight is 318 g/mol. The molecule has 1 aromatic heterocycles. The third-order valence-electron chi connectivity index (χ3n) is 3.00. The zero-order chi connectivity index (χ0) is 16.1. The molecule has 2 aromatic rings. The third kappa shape index (κ3) is 4.30. The fourth-order valence-electron chi connectivity index (χ4n) is 1.89. The zero-order valence-corrected chi connectivity index (χ0v) is 13.1. The predicted molar refractivity (Wildman–Crippen MR) is 86.0 cm³/mol. The van der Waals surface area contributed by atoms with Crippen LogP contribution in [-0.4, -0.2) is 35.3 Å². The van der Waals surface area contributed by atoms with E-state index in [9.17, 15) is 9.59 Å². The summed E-state index contributed by atoms with van der Waals surface area (Å²) in [5.41, 5.74) is 1.48. The lowest BCUT2D eigenvalue weighted by atomic mass is 10.2. The van der Waals surface area contributed by atoms with Crippen molar-refractivity contribution in [1.82, 2.24) is 9.88 Å². The Labute approximate surface area is 133 Å². The molecule has 22 heavy (non-hydrogen) atoms. The molecule has 0 aliphatic carbocycles. The van der Waals surface area contributed by atoms with Gasteiger partial charge in [-0.2, -0.15) is 0 Å². The summed E-state index contributed by atoms with van der Waals surface area (Å²) in [5.74, 6) is -0.0794. The van der Waals surface area contributed by atoms with E-state index in [1.807, 2.05) is 13.0 Å². The Kier molecular flexibility index (Phi) is 5.12. The van der Waals surface area contributed by atoms with Gasteiger partial charge in [-0.15, -0.1) is 0 Å². The zero-order valence-electron chi connectivity index (χ0n) is 12.3. The number of nitrogens with zero attached hydrogens (tertiary/aromatic N) is 2. The molecule has 0 spiro atoms. The van der Waals surface area contributed by atoms with Gasteiger partial charge in [-0.05, 0) is 48.9 Å². The van der Waals surface area contributed by atoms with Crippen LogP contribution in [-0.2, 0) is 4.79 Å². The number of hydrogen-bond donors (Lipinski definition) is 1. The number of pyridine rings is 1. The number of aromatic nitrogens is 1. The minimum atomic E-state index is -0.303. The lowest BCUT2D eigenvalue weighted by Crippen LogP contribution is -2.35. The van der Waals surface area contributed by atoms with E-state index in [1.165, 1.54) is 4.90 Å². The molecule has 0 unspecified atom stereocenters. The molecule has 1 aromatic carbocycles. The first-order valence-electron chi connectivity index (χ1n) is 6.69. The van der Waals surface area contributed by atoms with Crippen LogP contribution in [0.4, 0.5) is 5.82 Å². The van der Waals surface area contributed by atoms with E-state index < -0.39 is 0 Å². The molecule has 0 bridgehead atoms. The Morgan fingerprint density at radius 1 is 1.23 bits per heavy atom. The maximum absolute atomic E-state index is 12.2. The first kappa shape index (κ1) is 16.0. The van der Waals surface area contributed by atoms with Crippen LogP contribution in [0.25, 0.3) is 0 Å². The fraction of sp³-hybridized carbons (Fsp3) is 0.188. The number of carbonyl (C=O) groups excluding carboxylic acids is 2. The summed E-state index contributed by atoms with van der Waals surface area (Å²) in [6.45, 7) is 1.85. The van der Waals surface area contributed by atoms with Crippen molar-refractivity contribution >= 4 is 29.2 Å². The van der Waals surface area contributed by atoms with Gasteiger partial charge in [0.2, 0.25) is 5.91 Å². The second kappa shape index (κ2) is 7.04. The van der Waals surface area contributed by atoms with Crippen molar-refractivity contribution in [2.24, 2.45) is 0 Å². The van der Waals surface area contributed by atoms with Gasteiger partial charge < -0.3 is 10.2 Å². The van der Waals surface area contributed by atoms with Crippen molar-refractivity contribution < 1.29 is 9.59 Å². The van der Waals surface area contributed by atoms with Crippen molar-refractivity contribution in [3.8, 4) is 0 Å². The van der Waals surface area contributed by atoms with Gasteiger partial charge in [0.05, 0.1) is 6.54 Å². The number of likely N-dealkylation sites (N-methyl/N-ethyl adjacent to an activating group) is 1. The molecule has 0 radical (unpaired) electrons. The van der Waals surface area contributed by atoms with E-state index in [4.69, 9.17) is 11.6 Å². The van der Waals surface area contributed by atoms with Crippen LogP contribution in [0.1, 0.15) is 15.9 Å². The Morgan fingerprint density at radius 3 is 2.55 bits per heavy atom. The summed E-state index contributed by atoms with van der Waals surface area (Å²) in [4.78, 5) is 29.5.